The number of nitrogens with two attached hydrogens (primary N) is 1. The first-order chi connectivity index (χ1) is 9.72. The molecule has 0 atom stereocenters. The van der Waals surface area contributed by atoms with E-state index >= 15 is 0 Å². The minimum Gasteiger partial charge on any atom is -0.399 e. The van der Waals surface area contributed by atoms with Gasteiger partial charge in [0.2, 0.25) is 0 Å². The maximum atomic E-state index is 5.72. The average Bonchev–Trinajstić information content (AvgIpc) is 2.48. The van der Waals surface area contributed by atoms with Crippen LogP contribution >= 0.6 is 0 Å². The Morgan fingerprint density at radius 3 is 2.50 bits per heavy atom. The van der Waals surface area contributed by atoms with Crippen LogP contribution in [0.5, 0.6) is 0 Å². The summed E-state index contributed by atoms with van der Waals surface area (Å²) in [6.45, 7) is 5.24. The second-order valence-corrected chi connectivity index (χ2v) is 4.91. The normalized spacial score (nSPS) is 15.3. The van der Waals surface area contributed by atoms with E-state index in [4.69, 9.17) is 10.5 Å². The minimum absolute atomic E-state index is 0.742. The van der Waals surface area contributed by atoms with E-state index in [1.165, 1.54) is 0 Å². The lowest BCUT2D eigenvalue weighted by atomic mass is 10.2. The molecule has 0 bridgehead atoms. The Hall–Kier alpha value is -2.14. The van der Waals surface area contributed by atoms with Crippen molar-refractivity contribution in [2.75, 3.05) is 36.9 Å². The number of aromatic nitrogens is 2. The number of nitrogen functional groups attached to an aromatic ring is 1. The fraction of sp³-hybridized carbons (Fsp3) is 0.333. The van der Waals surface area contributed by atoms with Gasteiger partial charge in [-0.05, 0) is 31.2 Å². The van der Waals surface area contributed by atoms with Crippen LogP contribution in [0.25, 0.3) is 11.4 Å². The fourth-order valence-electron chi connectivity index (χ4n) is 2.27. The molecule has 2 heterocycles. The summed E-state index contributed by atoms with van der Waals surface area (Å²) < 4.78 is 5.38. The Bertz CT molecular complexity index is 591. The number of anilines is 2. The van der Waals surface area contributed by atoms with Crippen molar-refractivity contribution in [1.82, 2.24) is 9.97 Å². The molecule has 1 aliphatic heterocycles. The predicted octanol–water partition coefficient (Wildman–Crippen LogP) is 1.87. The highest BCUT2D eigenvalue weighted by Gasteiger charge is 2.14. The van der Waals surface area contributed by atoms with Crippen molar-refractivity contribution in [3.8, 4) is 11.4 Å². The zero-order valence-electron chi connectivity index (χ0n) is 11.5. The van der Waals surface area contributed by atoms with E-state index in [0.29, 0.717) is 0 Å². The summed E-state index contributed by atoms with van der Waals surface area (Å²) in [4.78, 5) is 11.4. The van der Waals surface area contributed by atoms with Crippen molar-refractivity contribution < 1.29 is 4.74 Å². The third-order valence-corrected chi connectivity index (χ3v) is 3.34. The second-order valence-electron chi connectivity index (χ2n) is 4.91. The molecule has 3 rings (SSSR count). The van der Waals surface area contributed by atoms with Crippen LogP contribution in [-0.2, 0) is 4.74 Å². The molecule has 0 unspecified atom stereocenters. The van der Waals surface area contributed by atoms with Crippen molar-refractivity contribution in [1.29, 1.82) is 0 Å². The van der Waals surface area contributed by atoms with E-state index < -0.39 is 0 Å². The highest BCUT2D eigenvalue weighted by Crippen LogP contribution is 2.21. The zero-order chi connectivity index (χ0) is 13.9. The Labute approximate surface area is 118 Å². The first-order valence-electron chi connectivity index (χ1n) is 6.77. The van der Waals surface area contributed by atoms with E-state index in [0.717, 1.165) is 54.9 Å². The molecule has 104 valence electrons. The third kappa shape index (κ3) is 2.72. The fourth-order valence-corrected chi connectivity index (χ4v) is 2.27. The molecule has 1 aromatic heterocycles. The number of hydrogen-bond donors (Lipinski definition) is 1. The van der Waals surface area contributed by atoms with E-state index in [1.54, 1.807) is 0 Å². The van der Waals surface area contributed by atoms with E-state index in [9.17, 15) is 0 Å². The predicted molar refractivity (Wildman–Crippen MR) is 79.6 cm³/mol. The molecule has 0 saturated carbocycles. The Balaban J connectivity index is 1.95. The van der Waals surface area contributed by atoms with Gasteiger partial charge in [-0.2, -0.15) is 0 Å². The van der Waals surface area contributed by atoms with Crippen LogP contribution in [0.2, 0.25) is 0 Å². The van der Waals surface area contributed by atoms with Crippen LogP contribution in [0.15, 0.2) is 30.3 Å². The number of rotatable bonds is 2. The molecule has 0 aliphatic carbocycles. The number of ether oxygens (including phenoxy) is 1. The Morgan fingerprint density at radius 2 is 1.80 bits per heavy atom. The lowest BCUT2D eigenvalue weighted by molar-refractivity contribution is 0.122. The third-order valence-electron chi connectivity index (χ3n) is 3.34. The first-order valence-corrected chi connectivity index (χ1v) is 6.77. The first kappa shape index (κ1) is 12.9. The van der Waals surface area contributed by atoms with Gasteiger partial charge < -0.3 is 15.4 Å². The van der Waals surface area contributed by atoms with Gasteiger partial charge in [0.25, 0.3) is 0 Å². The van der Waals surface area contributed by atoms with E-state index in [1.807, 2.05) is 37.3 Å². The van der Waals surface area contributed by atoms with Gasteiger partial charge in [0.1, 0.15) is 5.82 Å². The summed E-state index contributed by atoms with van der Waals surface area (Å²) in [7, 11) is 0. The molecule has 1 fully saturated rings. The van der Waals surface area contributed by atoms with E-state index in [-0.39, 0.29) is 0 Å². The van der Waals surface area contributed by atoms with Crippen molar-refractivity contribution in [2.24, 2.45) is 0 Å². The van der Waals surface area contributed by atoms with E-state index in [2.05, 4.69) is 14.9 Å². The lowest BCUT2D eigenvalue weighted by Gasteiger charge is -2.28. The Morgan fingerprint density at radius 1 is 1.10 bits per heavy atom. The molecule has 2 aromatic rings. The Kier molecular flexibility index (Phi) is 3.52. The van der Waals surface area contributed by atoms with Gasteiger partial charge in [-0.3, -0.25) is 0 Å². The van der Waals surface area contributed by atoms with Crippen LogP contribution in [0.4, 0.5) is 11.5 Å². The summed E-state index contributed by atoms with van der Waals surface area (Å²) in [6, 6.07) is 9.66. The molecular weight excluding hydrogens is 252 g/mol. The van der Waals surface area contributed by atoms with Crippen molar-refractivity contribution in [2.45, 2.75) is 6.92 Å². The van der Waals surface area contributed by atoms with Crippen LogP contribution in [0.3, 0.4) is 0 Å². The van der Waals surface area contributed by atoms with Gasteiger partial charge in [-0.25, -0.2) is 9.97 Å². The quantitative estimate of drug-likeness (QED) is 0.844. The SMILES string of the molecule is Cc1cc(N2CCOCC2)nc(-c2ccc(N)cc2)n1. The molecule has 1 saturated heterocycles. The second kappa shape index (κ2) is 5.46. The molecule has 1 aromatic carbocycles. The molecule has 5 heteroatoms. The largest absolute Gasteiger partial charge is 0.399 e. The number of hydrogen-bond acceptors (Lipinski definition) is 5. The molecule has 0 amide bonds. The highest BCUT2D eigenvalue weighted by atomic mass is 16.5. The number of aryl methyl sites for hydroxylation is 1. The van der Waals surface area contributed by atoms with Crippen molar-refractivity contribution >= 4 is 11.5 Å². The maximum absolute atomic E-state index is 5.72. The van der Waals surface area contributed by atoms with Crippen LogP contribution in [0.1, 0.15) is 5.69 Å². The summed E-state index contributed by atoms with van der Waals surface area (Å²) in [5, 5.41) is 0. The lowest BCUT2D eigenvalue weighted by Crippen LogP contribution is -2.36. The average molecular weight is 270 g/mol. The summed E-state index contributed by atoms with van der Waals surface area (Å²) in [5.41, 5.74) is 8.41. The van der Waals surface area contributed by atoms with Crippen LogP contribution in [0, 0.1) is 6.92 Å². The van der Waals surface area contributed by atoms with Crippen molar-refractivity contribution in [3.05, 3.63) is 36.0 Å². The van der Waals surface area contributed by atoms with Gasteiger partial charge in [0.15, 0.2) is 5.82 Å². The van der Waals surface area contributed by atoms with Crippen LogP contribution in [-0.4, -0.2) is 36.3 Å². The monoisotopic (exact) mass is 270 g/mol. The van der Waals surface area contributed by atoms with Gasteiger partial charge in [-0.15, -0.1) is 0 Å². The standard InChI is InChI=1S/C15H18N4O/c1-11-10-14(19-6-8-20-9-7-19)18-15(17-11)12-2-4-13(16)5-3-12/h2-5,10H,6-9,16H2,1H3. The van der Waals surface area contributed by atoms with Gasteiger partial charge in [-0.1, -0.05) is 0 Å². The molecular formula is C15H18N4O. The summed E-state index contributed by atoms with van der Waals surface area (Å²) >= 11 is 0. The summed E-state index contributed by atoms with van der Waals surface area (Å²) in [6.07, 6.45) is 0. The molecule has 0 spiro atoms. The number of benzene rings is 1. The topological polar surface area (TPSA) is 64.3 Å². The molecule has 0 radical (unpaired) electrons. The van der Waals surface area contributed by atoms with Gasteiger partial charge >= 0.3 is 0 Å². The number of nitrogens with zero attached hydrogens (tertiary/aromatic N) is 3. The number of morpholine rings is 1. The van der Waals surface area contributed by atoms with Gasteiger partial charge in [0.05, 0.1) is 13.2 Å². The molecule has 5 nitrogen and oxygen atoms in total. The summed E-state index contributed by atoms with van der Waals surface area (Å²) in [5.74, 6) is 1.71. The minimum atomic E-state index is 0.742. The van der Waals surface area contributed by atoms with Gasteiger partial charge in [0, 0.05) is 36.1 Å². The smallest absolute Gasteiger partial charge is 0.161 e. The maximum Gasteiger partial charge on any atom is 0.161 e. The zero-order valence-corrected chi connectivity index (χ0v) is 11.5. The van der Waals surface area contributed by atoms with Crippen LogP contribution < -0.4 is 10.6 Å². The highest BCUT2D eigenvalue weighted by molar-refractivity contribution is 5.60. The molecule has 20 heavy (non-hydrogen) atoms. The van der Waals surface area contributed by atoms with Crippen molar-refractivity contribution in [3.63, 3.8) is 0 Å². The molecule has 1 aliphatic rings. The molecule has 2 N–H and O–H groups in total.